The van der Waals surface area contributed by atoms with Crippen molar-refractivity contribution in [3.05, 3.63) is 0 Å². The Hall–Kier alpha value is -0.110. The molecule has 0 fully saturated rings. The molecule has 0 aliphatic carbocycles. The minimum atomic E-state index is 0.252. The van der Waals surface area contributed by atoms with E-state index in [0.717, 1.165) is 6.42 Å². The molecule has 1 radical (unpaired) electrons. The fourth-order valence-electron chi connectivity index (χ4n) is 0.753. The number of rotatable bonds is 4. The smallest absolute Gasteiger partial charge is 0.239 e. The van der Waals surface area contributed by atoms with E-state index in [0.29, 0.717) is 5.92 Å². The lowest BCUT2D eigenvalue weighted by Crippen LogP contribution is -2.17. The first-order chi connectivity index (χ1) is 4.22. The first-order valence-electron chi connectivity index (χ1n) is 3.25. The highest BCUT2D eigenvalue weighted by Gasteiger charge is 2.09. The molecule has 1 unspecified atom stereocenters. The van der Waals surface area contributed by atoms with Crippen molar-refractivity contribution in [3.63, 3.8) is 0 Å². The second-order valence-electron chi connectivity index (χ2n) is 2.39. The van der Waals surface area contributed by atoms with Crippen LogP contribution >= 0.6 is 12.2 Å². The van der Waals surface area contributed by atoms with Crippen LogP contribution in [0.25, 0.3) is 0 Å². The Kier molecular flexibility index (Phi) is 4.68. The number of thiocarbonyl (C=S) groups is 1. The molecular formula is C7H13OS. The van der Waals surface area contributed by atoms with Crippen LogP contribution in [0.1, 0.15) is 27.2 Å². The van der Waals surface area contributed by atoms with E-state index in [-0.39, 0.29) is 6.10 Å². The number of ether oxygens (including phenoxy) is 1. The summed E-state index contributed by atoms with van der Waals surface area (Å²) in [5, 5.41) is 0. The Morgan fingerprint density at radius 3 is 2.22 bits per heavy atom. The van der Waals surface area contributed by atoms with Gasteiger partial charge in [-0.1, -0.05) is 20.8 Å². The standard InChI is InChI=1S/C7H13OS/c1-4-7(6(2)3)8-5-9/h6-7H,4H2,1-3H3. The highest BCUT2D eigenvalue weighted by atomic mass is 32.1. The average Bonchev–Trinajstić information content (AvgIpc) is 1.82. The minimum absolute atomic E-state index is 0.252. The summed E-state index contributed by atoms with van der Waals surface area (Å²) in [6.45, 7) is 6.30. The highest BCUT2D eigenvalue weighted by molar-refractivity contribution is 7.78. The maximum absolute atomic E-state index is 5.02. The van der Waals surface area contributed by atoms with Gasteiger partial charge in [-0.2, -0.15) is 0 Å². The molecule has 0 saturated heterocycles. The summed E-state index contributed by atoms with van der Waals surface area (Å²) in [7, 11) is 0. The van der Waals surface area contributed by atoms with Crippen molar-refractivity contribution in [1.82, 2.24) is 0 Å². The molecule has 0 saturated carbocycles. The Bertz CT molecular complexity index is 81.0. The van der Waals surface area contributed by atoms with Crippen LogP contribution in [0.4, 0.5) is 0 Å². The molecule has 0 bridgehead atoms. The first kappa shape index (κ1) is 8.89. The van der Waals surface area contributed by atoms with Crippen molar-refractivity contribution in [2.75, 3.05) is 0 Å². The van der Waals surface area contributed by atoms with Gasteiger partial charge in [0, 0.05) is 0 Å². The summed E-state index contributed by atoms with van der Waals surface area (Å²) in [4.78, 5) is 0. The topological polar surface area (TPSA) is 9.23 Å². The van der Waals surface area contributed by atoms with Crippen LogP contribution in [0.3, 0.4) is 0 Å². The Balaban J connectivity index is 3.53. The van der Waals surface area contributed by atoms with Crippen molar-refractivity contribution in [1.29, 1.82) is 0 Å². The summed E-state index contributed by atoms with van der Waals surface area (Å²) in [6, 6.07) is 0. The third kappa shape index (κ3) is 3.46. The zero-order chi connectivity index (χ0) is 7.28. The van der Waals surface area contributed by atoms with E-state index < -0.39 is 0 Å². The summed E-state index contributed by atoms with van der Waals surface area (Å²) in [5.74, 6) is 0.533. The largest absolute Gasteiger partial charge is 0.477 e. The van der Waals surface area contributed by atoms with Gasteiger partial charge in [-0.3, -0.25) is 0 Å². The molecule has 1 nitrogen and oxygen atoms in total. The molecule has 0 aromatic carbocycles. The third-order valence-electron chi connectivity index (χ3n) is 1.35. The van der Waals surface area contributed by atoms with Gasteiger partial charge < -0.3 is 4.74 Å². The molecule has 0 heterocycles. The average molecular weight is 145 g/mol. The molecule has 0 aromatic heterocycles. The Morgan fingerprint density at radius 1 is 1.56 bits per heavy atom. The molecule has 0 aliphatic heterocycles. The molecule has 0 N–H and O–H groups in total. The lowest BCUT2D eigenvalue weighted by molar-refractivity contribution is 0.148. The monoisotopic (exact) mass is 145 g/mol. The Morgan fingerprint density at radius 2 is 2.11 bits per heavy atom. The van der Waals surface area contributed by atoms with Crippen molar-refractivity contribution >= 4 is 17.8 Å². The zero-order valence-corrected chi connectivity index (χ0v) is 6.99. The number of hydrogen-bond acceptors (Lipinski definition) is 2. The molecular weight excluding hydrogens is 132 g/mol. The van der Waals surface area contributed by atoms with Gasteiger partial charge in [0.1, 0.15) is 6.10 Å². The Labute approximate surface area is 62.4 Å². The van der Waals surface area contributed by atoms with Crippen LogP contribution in [0.15, 0.2) is 0 Å². The van der Waals surface area contributed by atoms with Crippen molar-refractivity contribution in [2.45, 2.75) is 33.3 Å². The van der Waals surface area contributed by atoms with Crippen LogP contribution in [0.5, 0.6) is 0 Å². The van der Waals surface area contributed by atoms with Gasteiger partial charge in [0.05, 0.1) is 0 Å². The van der Waals surface area contributed by atoms with Gasteiger partial charge in [0.25, 0.3) is 0 Å². The summed E-state index contributed by atoms with van der Waals surface area (Å²) in [6.07, 6.45) is 1.25. The normalized spacial score (nSPS) is 13.3. The van der Waals surface area contributed by atoms with E-state index in [2.05, 4.69) is 38.5 Å². The summed E-state index contributed by atoms with van der Waals surface area (Å²) < 4.78 is 5.02. The second-order valence-corrected chi connectivity index (χ2v) is 2.56. The lowest BCUT2D eigenvalue weighted by Gasteiger charge is -2.16. The minimum Gasteiger partial charge on any atom is -0.477 e. The fourth-order valence-corrected chi connectivity index (χ4v) is 0.876. The molecule has 0 aromatic rings. The second kappa shape index (κ2) is 4.74. The molecule has 2 heteroatoms. The van der Waals surface area contributed by atoms with Gasteiger partial charge in [0.15, 0.2) is 0 Å². The van der Waals surface area contributed by atoms with Gasteiger partial charge in [0.2, 0.25) is 5.55 Å². The van der Waals surface area contributed by atoms with E-state index in [1.54, 1.807) is 0 Å². The van der Waals surface area contributed by atoms with Gasteiger partial charge in [-0.15, -0.1) is 0 Å². The molecule has 53 valence electrons. The third-order valence-corrected chi connectivity index (χ3v) is 1.44. The molecule has 9 heavy (non-hydrogen) atoms. The van der Waals surface area contributed by atoms with Crippen LogP contribution in [-0.2, 0) is 4.74 Å². The van der Waals surface area contributed by atoms with E-state index in [1.165, 1.54) is 0 Å². The van der Waals surface area contributed by atoms with Gasteiger partial charge in [-0.05, 0) is 24.6 Å². The predicted octanol–water partition coefficient (Wildman–Crippen LogP) is 2.27. The summed E-state index contributed by atoms with van der Waals surface area (Å²) in [5.41, 5.74) is 2.28. The molecule has 0 spiro atoms. The van der Waals surface area contributed by atoms with Crippen molar-refractivity contribution in [3.8, 4) is 0 Å². The molecule has 0 amide bonds. The quantitative estimate of drug-likeness (QED) is 0.561. The van der Waals surface area contributed by atoms with E-state index >= 15 is 0 Å². The van der Waals surface area contributed by atoms with E-state index in [9.17, 15) is 0 Å². The van der Waals surface area contributed by atoms with Crippen LogP contribution in [0, 0.1) is 5.92 Å². The summed E-state index contributed by atoms with van der Waals surface area (Å²) >= 11 is 4.44. The van der Waals surface area contributed by atoms with Crippen LogP contribution in [0.2, 0.25) is 0 Å². The predicted molar refractivity (Wildman–Crippen MR) is 42.6 cm³/mol. The molecule has 1 atom stereocenters. The first-order valence-corrected chi connectivity index (χ1v) is 3.66. The molecule has 0 rings (SSSR count). The molecule has 0 aliphatic rings. The van der Waals surface area contributed by atoms with Gasteiger partial charge in [-0.25, -0.2) is 0 Å². The zero-order valence-electron chi connectivity index (χ0n) is 6.18. The maximum atomic E-state index is 5.02. The van der Waals surface area contributed by atoms with E-state index in [4.69, 9.17) is 4.74 Å². The number of hydrogen-bond donors (Lipinski definition) is 0. The van der Waals surface area contributed by atoms with Crippen molar-refractivity contribution < 1.29 is 4.74 Å². The fraction of sp³-hybridized carbons (Fsp3) is 0.857. The highest BCUT2D eigenvalue weighted by Crippen LogP contribution is 2.08. The van der Waals surface area contributed by atoms with E-state index in [1.807, 2.05) is 0 Å². The van der Waals surface area contributed by atoms with Gasteiger partial charge >= 0.3 is 0 Å². The lowest BCUT2D eigenvalue weighted by atomic mass is 10.1. The van der Waals surface area contributed by atoms with Crippen LogP contribution in [-0.4, -0.2) is 11.7 Å². The maximum Gasteiger partial charge on any atom is 0.239 e. The van der Waals surface area contributed by atoms with Crippen LogP contribution < -0.4 is 0 Å². The van der Waals surface area contributed by atoms with Crippen molar-refractivity contribution in [2.24, 2.45) is 5.92 Å². The SMILES string of the molecule is CCC(O[C]=S)C(C)C.